The Labute approximate surface area is 273 Å². The Hall–Kier alpha value is -4.86. The number of rotatable bonds is 10. The van der Waals surface area contributed by atoms with Crippen molar-refractivity contribution in [3.05, 3.63) is 174 Å². The van der Waals surface area contributed by atoms with Crippen LogP contribution in [-0.4, -0.2) is 27.0 Å². The van der Waals surface area contributed by atoms with Gasteiger partial charge in [-0.3, -0.25) is 10.1 Å². The maximum Gasteiger partial charge on any atom is 0.342 e. The molecule has 5 aromatic carbocycles. The van der Waals surface area contributed by atoms with E-state index in [0.29, 0.717) is 0 Å². The molecule has 0 spiro atoms. The third-order valence-corrected chi connectivity index (χ3v) is 23.4. The third-order valence-electron chi connectivity index (χ3n) is 9.47. The zero-order chi connectivity index (χ0) is 32.8. The van der Waals surface area contributed by atoms with Gasteiger partial charge >= 0.3 is 5.97 Å². The highest BCUT2D eigenvalue weighted by atomic mass is 28.4. The molecule has 0 N–H and O–H groups in total. The zero-order valence-corrected chi connectivity index (χ0v) is 28.7. The van der Waals surface area contributed by atoms with E-state index < -0.39 is 27.0 Å². The summed E-state index contributed by atoms with van der Waals surface area (Å²) in [6, 6.07) is 48.8. The Bertz CT molecular complexity index is 1690. The number of nitro benzene ring substituents is 1. The Morgan fingerprint density at radius 3 is 1.43 bits per heavy atom. The van der Waals surface area contributed by atoms with E-state index in [1.165, 1.54) is 45.0 Å². The Morgan fingerprint density at radius 2 is 1.07 bits per heavy atom. The van der Waals surface area contributed by atoms with E-state index in [4.69, 9.17) is 4.74 Å². The van der Waals surface area contributed by atoms with Gasteiger partial charge < -0.3 is 4.74 Å². The number of non-ortho nitro benzene ring substituents is 1. The second kappa shape index (κ2) is 13.6. The molecule has 5 rings (SSSR count). The van der Waals surface area contributed by atoms with Crippen LogP contribution in [0.3, 0.4) is 0 Å². The summed E-state index contributed by atoms with van der Waals surface area (Å²) >= 11 is 0. The first-order chi connectivity index (χ1) is 22.1. The first-order valence-electron chi connectivity index (χ1n) is 15.4. The molecule has 2 atom stereocenters. The van der Waals surface area contributed by atoms with Crippen molar-refractivity contribution in [2.75, 3.05) is 0 Å². The molecule has 0 amide bonds. The normalized spacial score (nSPS) is 13.9. The molecular weight excluding hydrogens is 603 g/mol. The lowest BCUT2D eigenvalue weighted by Crippen LogP contribution is -2.76. The zero-order valence-electron chi connectivity index (χ0n) is 26.7. The monoisotopic (exact) mass is 641 g/mol. The van der Waals surface area contributed by atoms with Crippen molar-refractivity contribution in [2.24, 2.45) is 0 Å². The van der Waals surface area contributed by atoms with Gasteiger partial charge in [0.05, 0.1) is 24.8 Å². The van der Waals surface area contributed by atoms with Gasteiger partial charge in [0.25, 0.3) is 5.69 Å². The van der Waals surface area contributed by atoms with Crippen molar-refractivity contribution >= 4 is 48.6 Å². The number of carbonyl (C=O) groups excluding carboxylic acids is 1. The number of allylic oxidation sites excluding steroid dienone is 1. The predicted molar refractivity (Wildman–Crippen MR) is 193 cm³/mol. The summed E-state index contributed by atoms with van der Waals surface area (Å²) < 4.78 is 5.86. The molecule has 0 heterocycles. The molecule has 7 heteroatoms. The highest BCUT2D eigenvalue weighted by Gasteiger charge is 2.58. The molecule has 46 heavy (non-hydrogen) atoms. The van der Waals surface area contributed by atoms with Crippen LogP contribution in [0.5, 0.6) is 0 Å². The Balaban J connectivity index is 1.79. The van der Waals surface area contributed by atoms with Gasteiger partial charge in [-0.05, 0) is 44.0 Å². The van der Waals surface area contributed by atoms with Crippen LogP contribution in [0.4, 0.5) is 5.69 Å². The first kappa shape index (κ1) is 32.5. The minimum atomic E-state index is -2.94. The SMILES string of the molecule is CC(C)(C)[Si@@](C)(c1ccccc1)[C@@H](/C=C\OC(=O)c1ccc([N+](=O)[O-])cc1)[Si](c1ccccc1)(c1ccccc1)c1ccccc1. The molecule has 0 saturated heterocycles. The number of esters is 1. The molecule has 0 fully saturated rings. The molecule has 5 aromatic rings. The lowest BCUT2D eigenvalue weighted by atomic mass is 10.2. The van der Waals surface area contributed by atoms with Gasteiger partial charge in [-0.2, -0.15) is 0 Å². The average Bonchev–Trinajstić information content (AvgIpc) is 3.09. The highest BCUT2D eigenvalue weighted by molar-refractivity contribution is 7.21. The van der Waals surface area contributed by atoms with Gasteiger partial charge in [0.15, 0.2) is 8.07 Å². The fourth-order valence-corrected chi connectivity index (χ4v) is 21.6. The summed E-state index contributed by atoms with van der Waals surface area (Å²) in [5.74, 6) is -0.560. The Kier molecular flexibility index (Phi) is 9.65. The molecule has 232 valence electrons. The van der Waals surface area contributed by atoms with Gasteiger partial charge in [-0.15, -0.1) is 0 Å². The second-order valence-electron chi connectivity index (χ2n) is 12.7. The van der Waals surface area contributed by atoms with E-state index in [2.05, 4.69) is 155 Å². The summed E-state index contributed by atoms with van der Waals surface area (Å²) in [5.41, 5.74) is 0.176. The third kappa shape index (κ3) is 6.16. The molecule has 0 aromatic heterocycles. The van der Waals surface area contributed by atoms with E-state index in [-0.39, 0.29) is 21.5 Å². The summed E-state index contributed by atoms with van der Waals surface area (Å²) in [6.45, 7) is 9.51. The van der Waals surface area contributed by atoms with Crippen molar-refractivity contribution < 1.29 is 14.5 Å². The standard InChI is InChI=1S/C39H39NO4Si2/c1-39(2,3)45(4,33-17-9-5-10-18-33)37(29-30-44-38(41)31-25-27-32(28-26-31)40(42)43)46(34-19-11-6-12-20-34,35-21-13-7-14-22-35)36-23-15-8-16-24-36/h5-30,37H,1-4H3/b30-29-/t37-,45+/m1/s1. The fourth-order valence-electron chi connectivity index (χ4n) is 6.74. The largest absolute Gasteiger partial charge is 0.431 e. The van der Waals surface area contributed by atoms with Gasteiger partial charge in [0.2, 0.25) is 0 Å². The van der Waals surface area contributed by atoms with Gasteiger partial charge in [-0.1, -0.05) is 154 Å². The van der Waals surface area contributed by atoms with Crippen LogP contribution in [0, 0.1) is 10.1 Å². The van der Waals surface area contributed by atoms with E-state index in [1.54, 1.807) is 6.26 Å². The summed E-state index contributed by atoms with van der Waals surface area (Å²) in [5, 5.41) is 16.2. The second-order valence-corrected chi connectivity index (χ2v) is 22.4. The Morgan fingerprint density at radius 1 is 0.674 bits per heavy atom. The molecule has 0 bridgehead atoms. The van der Waals surface area contributed by atoms with Gasteiger partial charge in [0, 0.05) is 12.1 Å². The lowest BCUT2D eigenvalue weighted by molar-refractivity contribution is -0.384. The molecule has 0 aliphatic rings. The van der Waals surface area contributed by atoms with Crippen molar-refractivity contribution in [3.8, 4) is 0 Å². The van der Waals surface area contributed by atoms with Crippen LogP contribution < -0.4 is 20.7 Å². The first-order valence-corrected chi connectivity index (χ1v) is 20.1. The minimum absolute atomic E-state index is 0.0146. The van der Waals surface area contributed by atoms with E-state index in [0.717, 1.165) is 0 Å². The number of hydrogen-bond acceptors (Lipinski definition) is 4. The maximum absolute atomic E-state index is 13.3. The number of benzene rings is 5. The maximum atomic E-state index is 13.3. The van der Waals surface area contributed by atoms with Crippen LogP contribution in [-0.2, 0) is 4.74 Å². The minimum Gasteiger partial charge on any atom is -0.431 e. The van der Waals surface area contributed by atoms with Crippen molar-refractivity contribution in [1.82, 2.24) is 0 Å². The summed E-state index contributed by atoms with van der Waals surface area (Å²) in [4.78, 5) is 23.9. The van der Waals surface area contributed by atoms with Crippen molar-refractivity contribution in [3.63, 3.8) is 0 Å². The van der Waals surface area contributed by atoms with Crippen molar-refractivity contribution in [2.45, 2.75) is 37.5 Å². The molecular formula is C39H39NO4Si2. The molecule has 5 nitrogen and oxygen atoms in total. The van der Waals surface area contributed by atoms with Crippen molar-refractivity contribution in [1.29, 1.82) is 0 Å². The molecule has 0 saturated carbocycles. The fraction of sp³-hybridized carbons (Fsp3) is 0.154. The van der Waals surface area contributed by atoms with Crippen LogP contribution in [0.1, 0.15) is 31.1 Å². The number of nitro groups is 1. The smallest absolute Gasteiger partial charge is 0.342 e. The molecule has 0 aliphatic heterocycles. The quantitative estimate of drug-likeness (QED) is 0.0406. The molecule has 0 radical (unpaired) electrons. The molecule has 0 unspecified atom stereocenters. The summed E-state index contributed by atoms with van der Waals surface area (Å²) in [7, 11) is -5.55. The number of ether oxygens (including phenoxy) is 1. The van der Waals surface area contributed by atoms with E-state index >= 15 is 0 Å². The highest BCUT2D eigenvalue weighted by Crippen LogP contribution is 2.47. The lowest BCUT2D eigenvalue weighted by Gasteiger charge is -2.53. The van der Waals surface area contributed by atoms with Crippen LogP contribution in [0.25, 0.3) is 0 Å². The molecule has 0 aliphatic carbocycles. The topological polar surface area (TPSA) is 69.4 Å². The predicted octanol–water partition coefficient (Wildman–Crippen LogP) is 7.13. The van der Waals surface area contributed by atoms with Crippen LogP contribution in [0.15, 0.2) is 158 Å². The summed E-state index contributed by atoms with van der Waals surface area (Å²) in [6.07, 6.45) is 3.73. The van der Waals surface area contributed by atoms with Gasteiger partial charge in [-0.25, -0.2) is 4.79 Å². The number of hydrogen-bond donors (Lipinski definition) is 0. The van der Waals surface area contributed by atoms with Gasteiger partial charge in [0.1, 0.15) is 0 Å². The number of carbonyl (C=O) groups is 1. The van der Waals surface area contributed by atoms with E-state index in [9.17, 15) is 14.9 Å². The number of nitrogens with zero attached hydrogens (tertiary/aromatic N) is 1. The van der Waals surface area contributed by atoms with Crippen LogP contribution in [0.2, 0.25) is 16.7 Å². The van der Waals surface area contributed by atoms with Crippen LogP contribution >= 0.6 is 0 Å². The average molecular weight is 642 g/mol. The van der Waals surface area contributed by atoms with E-state index in [1.807, 2.05) is 0 Å².